The minimum atomic E-state index is -1.27. The van der Waals surface area contributed by atoms with Gasteiger partial charge in [-0.15, -0.1) is 0 Å². The monoisotopic (exact) mass is 358 g/mol. The molecular weight excluding hydrogens is 340 g/mol. The van der Waals surface area contributed by atoms with Crippen molar-refractivity contribution in [2.75, 3.05) is 12.4 Å². The molecule has 0 unspecified atom stereocenters. The Kier molecular flexibility index (Phi) is 6.02. The largest absolute Gasteiger partial charge is 0.497 e. The maximum absolute atomic E-state index is 12.1. The highest BCUT2D eigenvalue weighted by molar-refractivity contribution is 9.10. The molecule has 6 nitrogen and oxygen atoms in total. The molecule has 0 aromatic heterocycles. The van der Waals surface area contributed by atoms with Crippen LogP contribution in [-0.4, -0.2) is 29.8 Å². The normalized spacial score (nSPS) is 10.9. The van der Waals surface area contributed by atoms with Crippen LogP contribution in [0.15, 0.2) is 22.7 Å². The molecule has 7 heteroatoms. The summed E-state index contributed by atoms with van der Waals surface area (Å²) in [4.78, 5) is 23.4. The Labute approximate surface area is 132 Å². The Bertz CT molecular complexity index is 530. The van der Waals surface area contributed by atoms with Gasteiger partial charge in [-0.2, -0.15) is 0 Å². The highest BCUT2D eigenvalue weighted by atomic mass is 79.9. The van der Waals surface area contributed by atoms with E-state index in [1.54, 1.807) is 32.0 Å². The molecule has 0 fully saturated rings. The van der Waals surface area contributed by atoms with E-state index in [4.69, 9.17) is 4.74 Å². The number of amides is 2. The van der Waals surface area contributed by atoms with E-state index < -0.39 is 17.5 Å². The SMILES string of the molecule is CCC(CC)(NC(=O)Nc1cc(OC)ccc1Br)C(=O)O. The number of benzene rings is 1. The second kappa shape index (κ2) is 7.31. The molecule has 0 saturated carbocycles. The molecule has 0 spiro atoms. The van der Waals surface area contributed by atoms with Crippen molar-refractivity contribution in [1.82, 2.24) is 5.32 Å². The molecule has 0 atom stereocenters. The van der Waals surface area contributed by atoms with Crippen LogP contribution in [0.4, 0.5) is 10.5 Å². The minimum Gasteiger partial charge on any atom is -0.497 e. The molecule has 21 heavy (non-hydrogen) atoms. The number of aliphatic carboxylic acids is 1. The predicted octanol–water partition coefficient (Wildman–Crippen LogP) is 3.22. The first kappa shape index (κ1) is 17.3. The number of rotatable bonds is 6. The van der Waals surface area contributed by atoms with Gasteiger partial charge in [-0.1, -0.05) is 13.8 Å². The van der Waals surface area contributed by atoms with Gasteiger partial charge in [-0.3, -0.25) is 0 Å². The summed E-state index contributed by atoms with van der Waals surface area (Å²) in [5.74, 6) is -0.462. The lowest BCUT2D eigenvalue weighted by Gasteiger charge is -2.28. The fraction of sp³-hybridized carbons (Fsp3) is 0.429. The number of methoxy groups -OCH3 is 1. The molecule has 0 aliphatic rings. The summed E-state index contributed by atoms with van der Waals surface area (Å²) in [6.07, 6.45) is 0.594. The van der Waals surface area contributed by atoms with Gasteiger partial charge in [0.15, 0.2) is 0 Å². The molecule has 0 saturated heterocycles. The van der Waals surface area contributed by atoms with Crippen LogP contribution in [0, 0.1) is 0 Å². The number of carbonyl (C=O) groups is 2. The van der Waals surface area contributed by atoms with Gasteiger partial charge in [0.05, 0.1) is 12.8 Å². The lowest BCUT2D eigenvalue weighted by Crippen LogP contribution is -2.55. The van der Waals surface area contributed by atoms with Crippen LogP contribution in [-0.2, 0) is 4.79 Å². The smallest absolute Gasteiger partial charge is 0.329 e. The fourth-order valence-corrected chi connectivity index (χ4v) is 2.23. The van der Waals surface area contributed by atoms with Crippen molar-refractivity contribution in [3.63, 3.8) is 0 Å². The van der Waals surface area contributed by atoms with Crippen LogP contribution in [0.2, 0.25) is 0 Å². The van der Waals surface area contributed by atoms with E-state index in [1.165, 1.54) is 7.11 Å². The van der Waals surface area contributed by atoms with Crippen molar-refractivity contribution in [3.8, 4) is 5.75 Å². The fourth-order valence-electron chi connectivity index (χ4n) is 1.88. The lowest BCUT2D eigenvalue weighted by molar-refractivity contribution is -0.144. The third-order valence-corrected chi connectivity index (χ3v) is 4.08. The van der Waals surface area contributed by atoms with Crippen molar-refractivity contribution in [2.24, 2.45) is 0 Å². The third-order valence-electron chi connectivity index (χ3n) is 3.39. The number of anilines is 1. The molecule has 1 aromatic carbocycles. The van der Waals surface area contributed by atoms with Crippen LogP contribution in [0.1, 0.15) is 26.7 Å². The zero-order valence-electron chi connectivity index (χ0n) is 12.2. The number of urea groups is 1. The van der Waals surface area contributed by atoms with Crippen LogP contribution in [0.5, 0.6) is 5.75 Å². The number of carbonyl (C=O) groups excluding carboxylic acids is 1. The van der Waals surface area contributed by atoms with Gasteiger partial charge < -0.3 is 20.5 Å². The highest BCUT2D eigenvalue weighted by Gasteiger charge is 2.36. The lowest BCUT2D eigenvalue weighted by atomic mass is 9.93. The molecule has 1 rings (SSSR count). The van der Waals surface area contributed by atoms with Crippen LogP contribution in [0.3, 0.4) is 0 Å². The number of nitrogens with one attached hydrogen (secondary N) is 2. The Morgan fingerprint density at radius 2 is 1.95 bits per heavy atom. The summed E-state index contributed by atoms with van der Waals surface area (Å²) in [6.45, 7) is 3.44. The Morgan fingerprint density at radius 1 is 1.33 bits per heavy atom. The van der Waals surface area contributed by atoms with Gasteiger partial charge in [0, 0.05) is 10.5 Å². The van der Waals surface area contributed by atoms with Crippen molar-refractivity contribution >= 4 is 33.6 Å². The van der Waals surface area contributed by atoms with E-state index in [2.05, 4.69) is 26.6 Å². The summed E-state index contributed by atoms with van der Waals surface area (Å²) >= 11 is 3.32. The predicted molar refractivity (Wildman–Crippen MR) is 83.8 cm³/mol. The zero-order chi connectivity index (χ0) is 16.0. The Hall–Kier alpha value is -1.76. The molecule has 3 N–H and O–H groups in total. The average Bonchev–Trinajstić information content (AvgIpc) is 2.46. The first-order valence-electron chi connectivity index (χ1n) is 6.54. The van der Waals surface area contributed by atoms with E-state index in [0.29, 0.717) is 28.8 Å². The molecule has 116 valence electrons. The van der Waals surface area contributed by atoms with Gasteiger partial charge in [-0.25, -0.2) is 9.59 Å². The van der Waals surface area contributed by atoms with Crippen LogP contribution >= 0.6 is 15.9 Å². The third kappa shape index (κ3) is 4.10. The summed E-state index contributed by atoms with van der Waals surface area (Å²) in [5, 5.41) is 14.5. The quantitative estimate of drug-likeness (QED) is 0.728. The topological polar surface area (TPSA) is 87.7 Å². The number of hydrogen-bond donors (Lipinski definition) is 3. The van der Waals surface area contributed by atoms with E-state index in [0.717, 1.165) is 0 Å². The van der Waals surface area contributed by atoms with Crippen molar-refractivity contribution in [1.29, 1.82) is 0 Å². The van der Waals surface area contributed by atoms with Gasteiger partial charge >= 0.3 is 12.0 Å². The molecule has 0 heterocycles. The van der Waals surface area contributed by atoms with Gasteiger partial charge in [-0.05, 0) is 40.9 Å². The van der Waals surface area contributed by atoms with E-state index in [1.807, 2.05) is 0 Å². The molecule has 0 radical (unpaired) electrons. The maximum atomic E-state index is 12.1. The van der Waals surface area contributed by atoms with Gasteiger partial charge in [0.2, 0.25) is 0 Å². The van der Waals surface area contributed by atoms with Crippen LogP contribution in [0.25, 0.3) is 0 Å². The molecular formula is C14H19BrN2O4. The second-order valence-electron chi connectivity index (χ2n) is 4.52. The number of hydrogen-bond acceptors (Lipinski definition) is 3. The number of ether oxygens (including phenoxy) is 1. The summed E-state index contributed by atoms with van der Waals surface area (Å²) in [6, 6.07) is 4.55. The van der Waals surface area contributed by atoms with Gasteiger partial charge in [0.25, 0.3) is 0 Å². The number of halogens is 1. The molecule has 0 aliphatic heterocycles. The minimum absolute atomic E-state index is 0.297. The van der Waals surface area contributed by atoms with Gasteiger partial charge in [0.1, 0.15) is 11.3 Å². The zero-order valence-corrected chi connectivity index (χ0v) is 13.8. The number of carboxylic acids is 1. The summed E-state index contributed by atoms with van der Waals surface area (Å²) < 4.78 is 5.76. The molecule has 2 amide bonds. The molecule has 0 aliphatic carbocycles. The highest BCUT2D eigenvalue weighted by Crippen LogP contribution is 2.27. The Balaban J connectivity index is 2.89. The van der Waals surface area contributed by atoms with Crippen molar-refractivity contribution in [2.45, 2.75) is 32.2 Å². The van der Waals surface area contributed by atoms with E-state index in [-0.39, 0.29) is 0 Å². The van der Waals surface area contributed by atoms with Crippen molar-refractivity contribution < 1.29 is 19.4 Å². The standard InChI is InChI=1S/C14H19BrN2O4/c1-4-14(5-2,12(18)19)17-13(20)16-11-8-9(21-3)6-7-10(11)15/h6-8H,4-5H2,1-3H3,(H,18,19)(H2,16,17,20). The Morgan fingerprint density at radius 3 is 2.43 bits per heavy atom. The first-order chi connectivity index (χ1) is 9.88. The van der Waals surface area contributed by atoms with E-state index >= 15 is 0 Å². The average molecular weight is 359 g/mol. The second-order valence-corrected chi connectivity index (χ2v) is 5.37. The summed E-state index contributed by atoms with van der Waals surface area (Å²) in [5.41, 5.74) is -0.770. The van der Waals surface area contributed by atoms with Crippen LogP contribution < -0.4 is 15.4 Å². The molecule has 1 aromatic rings. The van der Waals surface area contributed by atoms with E-state index in [9.17, 15) is 14.7 Å². The summed E-state index contributed by atoms with van der Waals surface area (Å²) in [7, 11) is 1.52. The molecule has 0 bridgehead atoms. The maximum Gasteiger partial charge on any atom is 0.329 e. The number of carboxylic acid groups (broad SMARTS) is 1. The van der Waals surface area contributed by atoms with Crippen molar-refractivity contribution in [3.05, 3.63) is 22.7 Å². The first-order valence-corrected chi connectivity index (χ1v) is 7.34.